The molecule has 2 N–H and O–H groups in total. The Labute approximate surface area is 112 Å². The molecule has 0 amide bonds. The first kappa shape index (κ1) is 12.3. The topological polar surface area (TPSA) is 56.0 Å². The highest BCUT2D eigenvalue weighted by atomic mass is 16.1. The summed E-state index contributed by atoms with van der Waals surface area (Å²) in [6.07, 6.45) is 7.58. The van der Waals surface area contributed by atoms with Gasteiger partial charge in [-0.25, -0.2) is 0 Å². The van der Waals surface area contributed by atoms with Crippen LogP contribution in [0, 0.1) is 5.92 Å². The molecule has 0 saturated heterocycles. The number of carbonyl (C=O) groups is 1. The molecule has 0 spiro atoms. The summed E-state index contributed by atoms with van der Waals surface area (Å²) in [5.74, 6) is 0.123. The SMILES string of the molecule is NC1CCCCC1C(=O)c1cncc2ccccc12. The molecule has 3 heteroatoms. The van der Waals surface area contributed by atoms with Crippen LogP contribution >= 0.6 is 0 Å². The van der Waals surface area contributed by atoms with E-state index in [1.165, 1.54) is 0 Å². The van der Waals surface area contributed by atoms with Crippen molar-refractivity contribution in [3.63, 3.8) is 0 Å². The van der Waals surface area contributed by atoms with E-state index in [2.05, 4.69) is 4.98 Å². The molecule has 1 fully saturated rings. The van der Waals surface area contributed by atoms with Crippen LogP contribution in [0.25, 0.3) is 10.8 Å². The summed E-state index contributed by atoms with van der Waals surface area (Å²) in [6, 6.07) is 7.89. The molecule has 3 rings (SSSR count). The van der Waals surface area contributed by atoms with Gasteiger partial charge in [-0.2, -0.15) is 0 Å². The highest BCUT2D eigenvalue weighted by Gasteiger charge is 2.29. The standard InChI is InChI=1S/C16H18N2O/c17-15-8-4-3-7-13(15)16(19)14-10-18-9-11-5-1-2-6-12(11)14/h1-2,5-6,9-10,13,15H,3-4,7-8,17H2. The van der Waals surface area contributed by atoms with Crippen molar-refractivity contribution in [1.82, 2.24) is 4.98 Å². The largest absolute Gasteiger partial charge is 0.327 e. The summed E-state index contributed by atoms with van der Waals surface area (Å²) in [6.45, 7) is 0. The zero-order valence-corrected chi connectivity index (χ0v) is 10.9. The Hall–Kier alpha value is -1.74. The van der Waals surface area contributed by atoms with Crippen LogP contribution in [0.1, 0.15) is 36.0 Å². The van der Waals surface area contributed by atoms with Gasteiger partial charge in [-0.1, -0.05) is 37.1 Å². The second-order valence-electron chi connectivity index (χ2n) is 5.33. The molecule has 2 atom stereocenters. The lowest BCUT2D eigenvalue weighted by Gasteiger charge is -2.27. The van der Waals surface area contributed by atoms with Gasteiger partial charge in [0, 0.05) is 35.3 Å². The van der Waals surface area contributed by atoms with Crippen LogP contribution in [-0.4, -0.2) is 16.8 Å². The van der Waals surface area contributed by atoms with E-state index >= 15 is 0 Å². The molecule has 1 aliphatic carbocycles. The second-order valence-corrected chi connectivity index (χ2v) is 5.33. The average Bonchev–Trinajstić information content (AvgIpc) is 2.46. The molecule has 98 valence electrons. The van der Waals surface area contributed by atoms with E-state index in [4.69, 9.17) is 5.73 Å². The second kappa shape index (κ2) is 5.10. The van der Waals surface area contributed by atoms with Gasteiger partial charge in [0.1, 0.15) is 0 Å². The van der Waals surface area contributed by atoms with Crippen LogP contribution in [0.2, 0.25) is 0 Å². The lowest BCUT2D eigenvalue weighted by Crippen LogP contribution is -2.38. The number of nitrogens with two attached hydrogens (primary N) is 1. The number of Topliss-reactive ketones (excluding diaryl/α,β-unsaturated/α-hetero) is 1. The predicted octanol–water partition coefficient (Wildman–Crippen LogP) is 2.94. The third-order valence-electron chi connectivity index (χ3n) is 4.09. The minimum Gasteiger partial charge on any atom is -0.327 e. The van der Waals surface area contributed by atoms with E-state index < -0.39 is 0 Å². The van der Waals surface area contributed by atoms with Crippen LogP contribution in [0.3, 0.4) is 0 Å². The lowest BCUT2D eigenvalue weighted by molar-refractivity contribution is 0.0872. The lowest BCUT2D eigenvalue weighted by atomic mass is 9.80. The minimum atomic E-state index is -0.0404. The molecule has 1 aromatic heterocycles. The van der Waals surface area contributed by atoms with Gasteiger partial charge in [-0.05, 0) is 18.2 Å². The van der Waals surface area contributed by atoms with Crippen LogP contribution in [0.4, 0.5) is 0 Å². The van der Waals surface area contributed by atoms with Gasteiger partial charge in [-0.15, -0.1) is 0 Å². The quantitative estimate of drug-likeness (QED) is 0.838. The monoisotopic (exact) mass is 254 g/mol. The molecular weight excluding hydrogens is 236 g/mol. The highest BCUT2D eigenvalue weighted by Crippen LogP contribution is 2.28. The van der Waals surface area contributed by atoms with Crippen molar-refractivity contribution >= 4 is 16.6 Å². The molecule has 2 unspecified atom stereocenters. The Kier molecular flexibility index (Phi) is 3.30. The number of fused-ring (bicyclic) bond motifs is 1. The van der Waals surface area contributed by atoms with Gasteiger partial charge in [-0.3, -0.25) is 9.78 Å². The summed E-state index contributed by atoms with van der Waals surface area (Å²) >= 11 is 0. The number of benzene rings is 1. The van der Waals surface area contributed by atoms with Gasteiger partial charge in [0.05, 0.1) is 0 Å². The molecule has 0 aliphatic heterocycles. The Bertz CT molecular complexity index is 603. The van der Waals surface area contributed by atoms with E-state index in [0.29, 0.717) is 0 Å². The molecule has 19 heavy (non-hydrogen) atoms. The third kappa shape index (κ3) is 2.26. The van der Waals surface area contributed by atoms with Gasteiger partial charge in [0.15, 0.2) is 5.78 Å². The van der Waals surface area contributed by atoms with Crippen LogP contribution < -0.4 is 5.73 Å². The Morgan fingerprint density at radius 3 is 2.79 bits per heavy atom. The number of carbonyl (C=O) groups excluding carboxylic acids is 1. The molecule has 0 bridgehead atoms. The first-order chi connectivity index (χ1) is 9.27. The molecule has 1 aliphatic rings. The van der Waals surface area contributed by atoms with Crippen LogP contribution in [-0.2, 0) is 0 Å². The van der Waals surface area contributed by atoms with E-state index in [1.54, 1.807) is 12.4 Å². The molecule has 1 aromatic carbocycles. The summed E-state index contributed by atoms with van der Waals surface area (Å²) < 4.78 is 0. The van der Waals surface area contributed by atoms with Crippen LogP contribution in [0.15, 0.2) is 36.7 Å². The summed E-state index contributed by atoms with van der Waals surface area (Å²) in [5, 5.41) is 2.00. The fraction of sp³-hybridized carbons (Fsp3) is 0.375. The Morgan fingerprint density at radius 1 is 1.16 bits per heavy atom. The van der Waals surface area contributed by atoms with Gasteiger partial charge < -0.3 is 5.73 Å². The smallest absolute Gasteiger partial charge is 0.169 e. The number of nitrogens with zero attached hydrogens (tertiary/aromatic N) is 1. The van der Waals surface area contributed by atoms with Gasteiger partial charge in [0.25, 0.3) is 0 Å². The summed E-state index contributed by atoms with van der Waals surface area (Å²) in [7, 11) is 0. The molecular formula is C16H18N2O. The number of hydrogen-bond donors (Lipinski definition) is 1. The molecule has 1 heterocycles. The fourth-order valence-electron chi connectivity index (χ4n) is 3.00. The van der Waals surface area contributed by atoms with Crippen molar-refractivity contribution in [2.75, 3.05) is 0 Å². The third-order valence-corrected chi connectivity index (χ3v) is 4.09. The van der Waals surface area contributed by atoms with E-state index in [9.17, 15) is 4.79 Å². The fourth-order valence-corrected chi connectivity index (χ4v) is 3.00. The number of aromatic nitrogens is 1. The molecule has 0 radical (unpaired) electrons. The Morgan fingerprint density at radius 2 is 1.95 bits per heavy atom. The number of rotatable bonds is 2. The Balaban J connectivity index is 2.01. The predicted molar refractivity (Wildman–Crippen MR) is 76.0 cm³/mol. The zero-order valence-electron chi connectivity index (χ0n) is 10.9. The molecule has 3 nitrogen and oxygen atoms in total. The number of hydrogen-bond acceptors (Lipinski definition) is 3. The summed E-state index contributed by atoms with van der Waals surface area (Å²) in [4.78, 5) is 16.9. The van der Waals surface area contributed by atoms with Crippen molar-refractivity contribution in [2.45, 2.75) is 31.7 Å². The normalized spacial score (nSPS) is 23.4. The number of pyridine rings is 1. The zero-order chi connectivity index (χ0) is 13.2. The van der Waals surface area contributed by atoms with Crippen molar-refractivity contribution in [3.8, 4) is 0 Å². The maximum Gasteiger partial charge on any atom is 0.169 e. The molecule has 2 aromatic rings. The average molecular weight is 254 g/mol. The van der Waals surface area contributed by atoms with Crippen molar-refractivity contribution in [2.24, 2.45) is 11.7 Å². The van der Waals surface area contributed by atoms with Crippen molar-refractivity contribution in [3.05, 3.63) is 42.2 Å². The van der Waals surface area contributed by atoms with Crippen molar-refractivity contribution in [1.29, 1.82) is 0 Å². The first-order valence-electron chi connectivity index (χ1n) is 6.90. The van der Waals surface area contributed by atoms with Gasteiger partial charge in [0.2, 0.25) is 0 Å². The number of ketones is 1. The van der Waals surface area contributed by atoms with Crippen LogP contribution in [0.5, 0.6) is 0 Å². The van der Waals surface area contributed by atoms with E-state index in [1.807, 2.05) is 24.3 Å². The minimum absolute atomic E-state index is 0.000202. The van der Waals surface area contributed by atoms with E-state index in [0.717, 1.165) is 42.0 Å². The van der Waals surface area contributed by atoms with E-state index in [-0.39, 0.29) is 17.7 Å². The maximum absolute atomic E-state index is 12.7. The van der Waals surface area contributed by atoms with Gasteiger partial charge >= 0.3 is 0 Å². The maximum atomic E-state index is 12.7. The highest BCUT2D eigenvalue weighted by molar-refractivity contribution is 6.08. The molecule has 1 saturated carbocycles. The first-order valence-corrected chi connectivity index (χ1v) is 6.90. The summed E-state index contributed by atoms with van der Waals surface area (Å²) in [5.41, 5.74) is 6.84. The van der Waals surface area contributed by atoms with Crippen molar-refractivity contribution < 1.29 is 4.79 Å².